The highest BCUT2D eigenvalue weighted by molar-refractivity contribution is 7.91. The van der Waals surface area contributed by atoms with Crippen molar-refractivity contribution in [3.05, 3.63) is 16.5 Å². The van der Waals surface area contributed by atoms with Gasteiger partial charge in [0.2, 0.25) is 5.91 Å². The number of carbonyl (C=O) groups is 1. The Bertz CT molecular complexity index is 626. The number of carbonyl (C=O) groups excluding carboxylic acids is 1. The molecule has 1 aromatic rings. The molecular formula is C13H19ClN2O3S2. The van der Waals surface area contributed by atoms with Gasteiger partial charge >= 0.3 is 0 Å². The maximum atomic E-state index is 12.4. The lowest BCUT2D eigenvalue weighted by atomic mass is 9.94. The molecule has 1 aliphatic rings. The average molecular weight is 351 g/mol. The minimum Gasteiger partial charge on any atom is -0.340 e. The van der Waals surface area contributed by atoms with Crippen molar-refractivity contribution in [2.75, 3.05) is 26.2 Å². The summed E-state index contributed by atoms with van der Waals surface area (Å²) in [4.78, 5) is 13.9. The fourth-order valence-corrected chi connectivity index (χ4v) is 5.23. The number of thiophene rings is 1. The maximum Gasteiger partial charge on any atom is 0.252 e. The van der Waals surface area contributed by atoms with Crippen LogP contribution in [0.2, 0.25) is 4.34 Å². The number of hydrogen-bond acceptors (Lipinski definition) is 4. The number of sulfonamides is 1. The number of hydrogen-bond donors (Lipinski definition) is 0. The zero-order valence-corrected chi connectivity index (χ0v) is 14.7. The molecule has 21 heavy (non-hydrogen) atoms. The van der Waals surface area contributed by atoms with Gasteiger partial charge in [0.25, 0.3) is 10.0 Å². The van der Waals surface area contributed by atoms with Crippen molar-refractivity contribution in [3.8, 4) is 0 Å². The van der Waals surface area contributed by atoms with E-state index in [2.05, 4.69) is 0 Å². The third-order valence-electron chi connectivity index (χ3n) is 3.31. The van der Waals surface area contributed by atoms with Gasteiger partial charge in [0.05, 0.1) is 4.34 Å². The third kappa shape index (κ3) is 3.59. The molecular weight excluding hydrogens is 332 g/mol. The van der Waals surface area contributed by atoms with E-state index in [-0.39, 0.29) is 10.1 Å². The lowest BCUT2D eigenvalue weighted by molar-refractivity contribution is -0.140. The van der Waals surface area contributed by atoms with Crippen LogP contribution < -0.4 is 0 Å². The van der Waals surface area contributed by atoms with Crippen molar-refractivity contribution in [2.45, 2.75) is 25.0 Å². The van der Waals surface area contributed by atoms with Crippen LogP contribution in [-0.2, 0) is 14.8 Å². The summed E-state index contributed by atoms with van der Waals surface area (Å²) in [6.07, 6.45) is 0. The second kappa shape index (κ2) is 5.87. The molecule has 1 amide bonds. The first-order chi connectivity index (χ1) is 9.62. The summed E-state index contributed by atoms with van der Waals surface area (Å²) in [5.74, 6) is 0.0544. The first-order valence-corrected chi connectivity index (χ1v) is 9.31. The van der Waals surface area contributed by atoms with Crippen LogP contribution in [0.15, 0.2) is 16.3 Å². The van der Waals surface area contributed by atoms with E-state index in [1.165, 1.54) is 10.4 Å². The summed E-state index contributed by atoms with van der Waals surface area (Å²) in [7, 11) is -3.50. The molecule has 0 unspecified atom stereocenters. The van der Waals surface area contributed by atoms with Gasteiger partial charge in [0.1, 0.15) is 4.21 Å². The molecule has 2 rings (SSSR count). The van der Waals surface area contributed by atoms with E-state index in [4.69, 9.17) is 11.6 Å². The van der Waals surface area contributed by atoms with Crippen LogP contribution in [0, 0.1) is 5.41 Å². The summed E-state index contributed by atoms with van der Waals surface area (Å²) in [6.45, 7) is 7.09. The van der Waals surface area contributed by atoms with Crippen molar-refractivity contribution in [1.82, 2.24) is 9.21 Å². The summed E-state index contributed by atoms with van der Waals surface area (Å²) in [5, 5.41) is 0. The van der Waals surface area contributed by atoms with Crippen LogP contribution >= 0.6 is 22.9 Å². The molecule has 0 bridgehead atoms. The summed E-state index contributed by atoms with van der Waals surface area (Å²) < 4.78 is 27.0. The van der Waals surface area contributed by atoms with Gasteiger partial charge in [-0.15, -0.1) is 11.3 Å². The first-order valence-electron chi connectivity index (χ1n) is 6.67. The molecule has 0 saturated carbocycles. The summed E-state index contributed by atoms with van der Waals surface area (Å²) >= 11 is 6.86. The van der Waals surface area contributed by atoms with Gasteiger partial charge in [-0.25, -0.2) is 8.42 Å². The van der Waals surface area contributed by atoms with Crippen LogP contribution in [0.3, 0.4) is 0 Å². The molecule has 1 saturated heterocycles. The quantitative estimate of drug-likeness (QED) is 0.822. The molecule has 0 atom stereocenters. The minimum absolute atomic E-state index is 0.0544. The highest BCUT2D eigenvalue weighted by atomic mass is 35.5. The average Bonchev–Trinajstić information content (AvgIpc) is 2.84. The third-order valence-corrected chi connectivity index (χ3v) is 6.91. The van der Waals surface area contributed by atoms with E-state index < -0.39 is 15.4 Å². The van der Waals surface area contributed by atoms with E-state index in [1.54, 1.807) is 11.0 Å². The van der Waals surface area contributed by atoms with Gasteiger partial charge in [-0.2, -0.15) is 4.31 Å². The van der Waals surface area contributed by atoms with E-state index >= 15 is 0 Å². The van der Waals surface area contributed by atoms with Gasteiger partial charge in [0.15, 0.2) is 0 Å². The molecule has 5 nitrogen and oxygen atoms in total. The fraction of sp³-hybridized carbons (Fsp3) is 0.615. The molecule has 1 aromatic heterocycles. The predicted molar refractivity (Wildman–Crippen MR) is 84.1 cm³/mol. The van der Waals surface area contributed by atoms with Crippen LogP contribution in [0.5, 0.6) is 0 Å². The molecule has 0 N–H and O–H groups in total. The number of nitrogens with zero attached hydrogens (tertiary/aromatic N) is 2. The largest absolute Gasteiger partial charge is 0.340 e. The zero-order valence-electron chi connectivity index (χ0n) is 12.3. The molecule has 0 aliphatic carbocycles. The summed E-state index contributed by atoms with van der Waals surface area (Å²) in [5.41, 5.74) is -0.442. The van der Waals surface area contributed by atoms with Crippen molar-refractivity contribution in [1.29, 1.82) is 0 Å². The van der Waals surface area contributed by atoms with Gasteiger partial charge in [-0.3, -0.25) is 4.79 Å². The van der Waals surface area contributed by atoms with Gasteiger partial charge in [-0.05, 0) is 12.1 Å². The van der Waals surface area contributed by atoms with E-state index in [9.17, 15) is 13.2 Å². The Morgan fingerprint density at radius 1 is 1.19 bits per heavy atom. The lowest BCUT2D eigenvalue weighted by Gasteiger charge is -2.36. The molecule has 1 fully saturated rings. The topological polar surface area (TPSA) is 57.7 Å². The smallest absolute Gasteiger partial charge is 0.252 e. The van der Waals surface area contributed by atoms with Crippen molar-refractivity contribution in [2.24, 2.45) is 5.41 Å². The van der Waals surface area contributed by atoms with E-state index in [0.29, 0.717) is 30.5 Å². The minimum atomic E-state index is -3.50. The molecule has 0 radical (unpaired) electrons. The Hall–Kier alpha value is -0.630. The summed E-state index contributed by atoms with van der Waals surface area (Å²) in [6, 6.07) is 3.10. The molecule has 0 aromatic carbocycles. The second-order valence-corrected chi connectivity index (χ2v) is 9.88. The monoisotopic (exact) mass is 350 g/mol. The van der Waals surface area contributed by atoms with Crippen LogP contribution in [0.25, 0.3) is 0 Å². The zero-order chi connectivity index (χ0) is 15.8. The normalized spacial score (nSPS) is 18.0. The Morgan fingerprint density at radius 2 is 1.76 bits per heavy atom. The first kappa shape index (κ1) is 16.7. The van der Waals surface area contributed by atoms with Crippen molar-refractivity contribution >= 4 is 38.9 Å². The lowest BCUT2D eigenvalue weighted by Crippen LogP contribution is -2.52. The number of halogens is 1. The molecule has 2 heterocycles. The fourth-order valence-electron chi connectivity index (χ4n) is 2.17. The SMILES string of the molecule is CC(C)(C)C(=O)N1CCN(S(=O)(=O)c2ccc(Cl)s2)CC1. The van der Waals surface area contributed by atoms with Crippen LogP contribution in [0.1, 0.15) is 20.8 Å². The standard InChI is InChI=1S/C13H19ClN2O3S2/c1-13(2,3)12(17)15-6-8-16(9-7-15)21(18,19)11-5-4-10(14)20-11/h4-5H,6-9H2,1-3H3. The highest BCUT2D eigenvalue weighted by Gasteiger charge is 2.34. The van der Waals surface area contributed by atoms with Gasteiger partial charge in [-0.1, -0.05) is 32.4 Å². The van der Waals surface area contributed by atoms with Gasteiger partial charge < -0.3 is 4.90 Å². The number of piperazine rings is 1. The Kier molecular flexibility index (Phi) is 4.68. The number of amides is 1. The Morgan fingerprint density at radius 3 is 2.19 bits per heavy atom. The maximum absolute atomic E-state index is 12.4. The number of rotatable bonds is 2. The van der Waals surface area contributed by atoms with Crippen LogP contribution in [-0.4, -0.2) is 49.7 Å². The molecule has 118 valence electrons. The Balaban J connectivity index is 2.06. The second-order valence-electron chi connectivity index (χ2n) is 6.00. The van der Waals surface area contributed by atoms with E-state index in [0.717, 1.165) is 11.3 Å². The molecule has 8 heteroatoms. The van der Waals surface area contributed by atoms with Crippen molar-refractivity contribution < 1.29 is 13.2 Å². The molecule has 1 aliphatic heterocycles. The molecule has 0 spiro atoms. The Labute approximate surface area is 134 Å². The van der Waals surface area contributed by atoms with Crippen molar-refractivity contribution in [3.63, 3.8) is 0 Å². The van der Waals surface area contributed by atoms with Gasteiger partial charge in [0, 0.05) is 31.6 Å². The van der Waals surface area contributed by atoms with Crippen LogP contribution in [0.4, 0.5) is 0 Å². The predicted octanol–water partition coefficient (Wildman–Crippen LogP) is 2.28. The highest BCUT2D eigenvalue weighted by Crippen LogP contribution is 2.29. The van der Waals surface area contributed by atoms with E-state index in [1.807, 2.05) is 20.8 Å².